The number of nitrogens with zero attached hydrogens (tertiary/aromatic N) is 2. The van der Waals surface area contributed by atoms with Gasteiger partial charge in [-0.1, -0.05) is 35.3 Å². The van der Waals surface area contributed by atoms with E-state index in [9.17, 15) is 14.4 Å². The smallest absolute Gasteiger partial charge is 0.331 e. The van der Waals surface area contributed by atoms with E-state index < -0.39 is 24.0 Å². The van der Waals surface area contributed by atoms with Crippen molar-refractivity contribution in [2.45, 2.75) is 26.5 Å². The molecule has 28 heavy (non-hydrogen) atoms. The molecule has 0 spiro atoms. The molecule has 3 amide bonds. The van der Waals surface area contributed by atoms with Crippen molar-refractivity contribution in [3.63, 3.8) is 0 Å². The average molecular weight is 425 g/mol. The van der Waals surface area contributed by atoms with Crippen LogP contribution >= 0.6 is 23.2 Å². The molecular weight excluding hydrogens is 407 g/mol. The standard InChI is InChI=1S/C18H18Cl2N4O4/c1-10-14(7-8-15(25)28-11(2)17(26)22-18(21)27)16(20)24(23-10)9-12-3-5-13(19)6-4-12/h3-8,11H,9H2,1-2H3,(H3,21,22,26,27)/b8-7+. The number of carbonyl (C=O) groups excluding carboxylic acids is 3. The summed E-state index contributed by atoms with van der Waals surface area (Å²) in [6, 6.07) is 6.24. The number of ether oxygens (including phenoxy) is 1. The highest BCUT2D eigenvalue weighted by molar-refractivity contribution is 6.31. The Hall–Kier alpha value is -2.84. The molecule has 1 atom stereocenters. The molecule has 8 nitrogen and oxygen atoms in total. The molecule has 0 saturated heterocycles. The molecule has 0 aliphatic rings. The number of benzene rings is 1. The summed E-state index contributed by atoms with van der Waals surface area (Å²) in [6.45, 7) is 3.49. The Balaban J connectivity index is 2.06. The number of nitrogens with one attached hydrogen (secondary N) is 1. The monoisotopic (exact) mass is 424 g/mol. The van der Waals surface area contributed by atoms with Gasteiger partial charge in [0.15, 0.2) is 6.10 Å². The predicted molar refractivity (Wildman–Crippen MR) is 105 cm³/mol. The topological polar surface area (TPSA) is 116 Å². The van der Waals surface area contributed by atoms with Gasteiger partial charge < -0.3 is 10.5 Å². The highest BCUT2D eigenvalue weighted by atomic mass is 35.5. The molecule has 1 aromatic heterocycles. The minimum Gasteiger partial charge on any atom is -0.449 e. The Labute approximate surface area is 171 Å². The van der Waals surface area contributed by atoms with E-state index >= 15 is 0 Å². The van der Waals surface area contributed by atoms with Gasteiger partial charge in [0.05, 0.1) is 12.2 Å². The largest absolute Gasteiger partial charge is 0.449 e. The number of imide groups is 1. The van der Waals surface area contributed by atoms with Crippen LogP contribution in [0.15, 0.2) is 30.3 Å². The van der Waals surface area contributed by atoms with Crippen LogP contribution in [-0.2, 0) is 20.9 Å². The molecule has 2 rings (SSSR count). The first kappa shape index (κ1) is 21.5. The maximum absolute atomic E-state index is 11.9. The quantitative estimate of drug-likeness (QED) is 0.545. The molecule has 1 unspecified atom stereocenters. The van der Waals surface area contributed by atoms with Gasteiger partial charge in [-0.3, -0.25) is 10.1 Å². The molecule has 1 aromatic carbocycles. The summed E-state index contributed by atoms with van der Waals surface area (Å²) in [5, 5.41) is 7.16. The third-order valence-electron chi connectivity index (χ3n) is 3.65. The molecule has 0 radical (unpaired) electrons. The van der Waals surface area contributed by atoms with Crippen molar-refractivity contribution in [1.29, 1.82) is 0 Å². The molecule has 0 fully saturated rings. The van der Waals surface area contributed by atoms with Gasteiger partial charge in [-0.2, -0.15) is 5.10 Å². The minimum atomic E-state index is -1.19. The zero-order valence-electron chi connectivity index (χ0n) is 15.1. The van der Waals surface area contributed by atoms with Crippen LogP contribution in [0, 0.1) is 6.92 Å². The number of hydrogen-bond donors (Lipinski definition) is 2. The normalized spacial score (nSPS) is 12.0. The van der Waals surface area contributed by atoms with Gasteiger partial charge in [-0.25, -0.2) is 14.3 Å². The van der Waals surface area contributed by atoms with Gasteiger partial charge in [0.1, 0.15) is 5.15 Å². The number of halogens is 2. The fraction of sp³-hybridized carbons (Fsp3) is 0.222. The van der Waals surface area contributed by atoms with Gasteiger partial charge in [-0.05, 0) is 37.6 Å². The first-order valence-electron chi connectivity index (χ1n) is 8.13. The van der Waals surface area contributed by atoms with E-state index in [0.717, 1.165) is 11.6 Å². The third-order valence-corrected chi connectivity index (χ3v) is 4.30. The number of esters is 1. The van der Waals surface area contributed by atoms with Crippen LogP contribution in [0.3, 0.4) is 0 Å². The lowest BCUT2D eigenvalue weighted by Gasteiger charge is -2.10. The van der Waals surface area contributed by atoms with Gasteiger partial charge in [0, 0.05) is 16.7 Å². The maximum atomic E-state index is 11.9. The lowest BCUT2D eigenvalue weighted by molar-refractivity contribution is -0.149. The molecule has 0 aliphatic carbocycles. The second kappa shape index (κ2) is 9.38. The summed E-state index contributed by atoms with van der Waals surface area (Å²) < 4.78 is 6.49. The SMILES string of the molecule is Cc1nn(Cc2ccc(Cl)cc2)c(Cl)c1/C=C/C(=O)OC(C)C(=O)NC(N)=O. The number of primary amides is 1. The van der Waals surface area contributed by atoms with Crippen molar-refractivity contribution in [2.75, 3.05) is 0 Å². The second-order valence-electron chi connectivity index (χ2n) is 5.84. The number of nitrogens with two attached hydrogens (primary N) is 1. The maximum Gasteiger partial charge on any atom is 0.331 e. The molecule has 3 N–H and O–H groups in total. The zero-order valence-corrected chi connectivity index (χ0v) is 16.6. The third kappa shape index (κ3) is 5.83. The lowest BCUT2D eigenvalue weighted by Crippen LogP contribution is -2.42. The van der Waals surface area contributed by atoms with E-state index in [1.807, 2.05) is 17.4 Å². The van der Waals surface area contributed by atoms with Crippen molar-refractivity contribution in [1.82, 2.24) is 15.1 Å². The first-order chi connectivity index (χ1) is 13.2. The number of carbonyl (C=O) groups is 3. The van der Waals surface area contributed by atoms with Crippen LogP contribution < -0.4 is 11.1 Å². The van der Waals surface area contributed by atoms with Crippen molar-refractivity contribution in [3.8, 4) is 0 Å². The summed E-state index contributed by atoms with van der Waals surface area (Å²) in [5.41, 5.74) is 6.95. The fourth-order valence-electron chi connectivity index (χ4n) is 2.27. The summed E-state index contributed by atoms with van der Waals surface area (Å²) >= 11 is 12.2. The molecule has 0 saturated carbocycles. The van der Waals surface area contributed by atoms with Gasteiger partial charge in [-0.15, -0.1) is 0 Å². The van der Waals surface area contributed by atoms with Crippen LogP contribution in [-0.4, -0.2) is 33.8 Å². The Morgan fingerprint density at radius 2 is 1.93 bits per heavy atom. The van der Waals surface area contributed by atoms with Crippen LogP contribution in [0.25, 0.3) is 6.08 Å². The molecule has 10 heteroatoms. The number of urea groups is 1. The molecular formula is C18H18Cl2N4O4. The van der Waals surface area contributed by atoms with Gasteiger partial charge >= 0.3 is 12.0 Å². The Morgan fingerprint density at radius 3 is 2.54 bits per heavy atom. The predicted octanol–water partition coefficient (Wildman–Crippen LogP) is 2.69. The van der Waals surface area contributed by atoms with E-state index in [1.54, 1.807) is 23.7 Å². The molecule has 2 aromatic rings. The molecule has 1 heterocycles. The van der Waals surface area contributed by atoms with Crippen molar-refractivity contribution < 1.29 is 19.1 Å². The number of amides is 3. The fourth-order valence-corrected chi connectivity index (χ4v) is 2.69. The van der Waals surface area contributed by atoms with Crippen LogP contribution in [0.4, 0.5) is 4.79 Å². The molecule has 148 valence electrons. The van der Waals surface area contributed by atoms with Gasteiger partial charge in [0.25, 0.3) is 5.91 Å². The second-order valence-corrected chi connectivity index (χ2v) is 6.63. The summed E-state index contributed by atoms with van der Waals surface area (Å²) in [7, 11) is 0. The highest BCUT2D eigenvalue weighted by Crippen LogP contribution is 2.22. The van der Waals surface area contributed by atoms with Crippen LogP contribution in [0.2, 0.25) is 10.2 Å². The number of aromatic nitrogens is 2. The van der Waals surface area contributed by atoms with Crippen molar-refractivity contribution in [2.24, 2.45) is 5.73 Å². The summed E-state index contributed by atoms with van der Waals surface area (Å²) in [4.78, 5) is 34.0. The minimum absolute atomic E-state index is 0.344. The molecule has 0 aliphatic heterocycles. The van der Waals surface area contributed by atoms with E-state index in [4.69, 9.17) is 33.7 Å². The Morgan fingerprint density at radius 1 is 1.29 bits per heavy atom. The van der Waals surface area contributed by atoms with Gasteiger partial charge in [0.2, 0.25) is 0 Å². The molecule has 0 bridgehead atoms. The van der Waals surface area contributed by atoms with E-state index in [-0.39, 0.29) is 0 Å². The number of rotatable bonds is 6. The Bertz CT molecular complexity index is 922. The van der Waals surface area contributed by atoms with Crippen molar-refractivity contribution >= 4 is 47.2 Å². The highest BCUT2D eigenvalue weighted by Gasteiger charge is 2.18. The zero-order chi connectivity index (χ0) is 20.8. The average Bonchev–Trinajstić information content (AvgIpc) is 2.88. The van der Waals surface area contributed by atoms with E-state index in [1.165, 1.54) is 13.0 Å². The first-order valence-corrected chi connectivity index (χ1v) is 8.89. The van der Waals surface area contributed by atoms with Crippen molar-refractivity contribution in [3.05, 3.63) is 57.3 Å². The van der Waals surface area contributed by atoms with Crippen LogP contribution in [0.5, 0.6) is 0 Å². The summed E-state index contributed by atoms with van der Waals surface area (Å²) in [6.07, 6.45) is 1.38. The Kier molecular flexibility index (Phi) is 7.19. The number of hydrogen-bond acceptors (Lipinski definition) is 5. The van der Waals surface area contributed by atoms with E-state index in [0.29, 0.717) is 28.0 Å². The summed E-state index contributed by atoms with van der Waals surface area (Å²) in [5.74, 6) is -1.60. The van der Waals surface area contributed by atoms with E-state index in [2.05, 4.69) is 5.10 Å². The van der Waals surface area contributed by atoms with Crippen LogP contribution in [0.1, 0.15) is 23.7 Å². The number of aryl methyl sites for hydroxylation is 1. The lowest BCUT2D eigenvalue weighted by atomic mass is 10.2.